The number of esters is 1. The molecule has 24 heavy (non-hydrogen) atoms. The quantitative estimate of drug-likeness (QED) is 0.705. The molecule has 0 saturated carbocycles. The summed E-state index contributed by atoms with van der Waals surface area (Å²) in [6.45, 7) is 5.70. The summed E-state index contributed by atoms with van der Waals surface area (Å²) in [6, 6.07) is 7.38. The van der Waals surface area contributed by atoms with E-state index in [9.17, 15) is 14.4 Å². The van der Waals surface area contributed by atoms with Gasteiger partial charge in [-0.05, 0) is 30.4 Å². The highest BCUT2D eigenvalue weighted by Crippen LogP contribution is 2.18. The van der Waals surface area contributed by atoms with E-state index < -0.39 is 0 Å². The number of amides is 1. The van der Waals surface area contributed by atoms with Crippen LogP contribution in [-0.4, -0.2) is 24.7 Å². The molecule has 5 nitrogen and oxygen atoms in total. The van der Waals surface area contributed by atoms with Gasteiger partial charge in [-0.1, -0.05) is 38.1 Å². The van der Waals surface area contributed by atoms with Crippen molar-refractivity contribution in [3.05, 3.63) is 35.4 Å². The fourth-order valence-corrected chi connectivity index (χ4v) is 2.48. The second kappa shape index (κ2) is 9.85. The molecule has 0 spiro atoms. The van der Waals surface area contributed by atoms with Gasteiger partial charge in [0.15, 0.2) is 0 Å². The van der Waals surface area contributed by atoms with E-state index in [0.717, 1.165) is 11.1 Å². The first-order chi connectivity index (χ1) is 11.3. The molecule has 0 radical (unpaired) electrons. The summed E-state index contributed by atoms with van der Waals surface area (Å²) in [4.78, 5) is 34.9. The van der Waals surface area contributed by atoms with Gasteiger partial charge in [0.25, 0.3) is 0 Å². The van der Waals surface area contributed by atoms with Gasteiger partial charge in [-0.2, -0.15) is 0 Å². The Hall–Kier alpha value is -2.17. The number of nitrogens with one attached hydrogen (secondary N) is 1. The van der Waals surface area contributed by atoms with Crippen molar-refractivity contribution >= 4 is 17.7 Å². The maximum atomic E-state index is 12.2. The lowest BCUT2D eigenvalue weighted by Crippen LogP contribution is -2.22. The summed E-state index contributed by atoms with van der Waals surface area (Å²) < 4.78 is 5.36. The Labute approximate surface area is 143 Å². The second-order valence-electron chi connectivity index (χ2n) is 6.51. The lowest BCUT2D eigenvalue weighted by Gasteiger charge is -2.16. The number of hydrogen-bond acceptors (Lipinski definition) is 4. The standard InChI is InChI=1S/C19H27NO4/c1-13(2)9-17(10-14(3)21)19(23)24-12-16-7-5-15(6-8-16)11-18(22)20-4/h5-8,13,17H,9-12H2,1-4H3,(H,20,22). The average Bonchev–Trinajstić information content (AvgIpc) is 2.52. The normalized spacial score (nSPS) is 11.9. The highest BCUT2D eigenvalue weighted by atomic mass is 16.5. The molecule has 1 aromatic carbocycles. The topological polar surface area (TPSA) is 72.5 Å². The summed E-state index contributed by atoms with van der Waals surface area (Å²) in [5, 5.41) is 2.58. The third kappa shape index (κ3) is 7.40. The Morgan fingerprint density at radius 2 is 1.67 bits per heavy atom. The maximum Gasteiger partial charge on any atom is 0.309 e. The Balaban J connectivity index is 2.58. The van der Waals surface area contributed by atoms with E-state index in [4.69, 9.17) is 4.74 Å². The zero-order valence-corrected chi connectivity index (χ0v) is 14.9. The molecule has 0 aromatic heterocycles. The largest absolute Gasteiger partial charge is 0.461 e. The van der Waals surface area contributed by atoms with Crippen molar-refractivity contribution in [2.45, 2.75) is 46.6 Å². The number of carbonyl (C=O) groups excluding carboxylic acids is 3. The summed E-state index contributed by atoms with van der Waals surface area (Å²) >= 11 is 0. The first kappa shape index (κ1) is 19.9. The molecule has 5 heteroatoms. The highest BCUT2D eigenvalue weighted by Gasteiger charge is 2.23. The van der Waals surface area contributed by atoms with Gasteiger partial charge in [-0.15, -0.1) is 0 Å². The third-order valence-electron chi connectivity index (χ3n) is 3.67. The molecule has 0 heterocycles. The Morgan fingerprint density at radius 3 is 2.17 bits per heavy atom. The predicted octanol–water partition coefficient (Wildman–Crippen LogP) is 2.66. The van der Waals surface area contributed by atoms with Crippen molar-refractivity contribution in [2.75, 3.05) is 7.05 Å². The van der Waals surface area contributed by atoms with Gasteiger partial charge >= 0.3 is 5.97 Å². The van der Waals surface area contributed by atoms with E-state index in [2.05, 4.69) is 5.32 Å². The predicted molar refractivity (Wildman–Crippen MR) is 92.3 cm³/mol. The number of rotatable bonds is 9. The van der Waals surface area contributed by atoms with Crippen molar-refractivity contribution in [1.29, 1.82) is 0 Å². The molecule has 0 fully saturated rings. The number of carbonyl (C=O) groups is 3. The van der Waals surface area contributed by atoms with Crippen LogP contribution < -0.4 is 5.32 Å². The van der Waals surface area contributed by atoms with Gasteiger partial charge < -0.3 is 14.8 Å². The fraction of sp³-hybridized carbons (Fsp3) is 0.526. The van der Waals surface area contributed by atoms with Crippen LogP contribution in [0.2, 0.25) is 0 Å². The van der Waals surface area contributed by atoms with Crippen LogP contribution in [0.4, 0.5) is 0 Å². The van der Waals surface area contributed by atoms with Crippen molar-refractivity contribution in [3.8, 4) is 0 Å². The number of likely N-dealkylation sites (N-methyl/N-ethyl adjacent to an activating group) is 1. The molecule has 0 aliphatic heterocycles. The molecule has 1 unspecified atom stereocenters. The van der Waals surface area contributed by atoms with Gasteiger partial charge in [-0.25, -0.2) is 0 Å². The minimum Gasteiger partial charge on any atom is -0.461 e. The van der Waals surface area contributed by atoms with Gasteiger partial charge in [-0.3, -0.25) is 9.59 Å². The van der Waals surface area contributed by atoms with Crippen LogP contribution in [0, 0.1) is 11.8 Å². The molecule has 132 valence electrons. The van der Waals surface area contributed by atoms with Gasteiger partial charge in [0.2, 0.25) is 5.91 Å². The lowest BCUT2D eigenvalue weighted by atomic mass is 9.93. The molecule has 1 atom stereocenters. The Kier molecular flexibility index (Phi) is 8.16. The van der Waals surface area contributed by atoms with Crippen LogP contribution in [0.5, 0.6) is 0 Å². The number of Topliss-reactive ketones (excluding diaryl/α,β-unsaturated/α-hetero) is 1. The second-order valence-corrected chi connectivity index (χ2v) is 6.51. The van der Waals surface area contributed by atoms with Crippen LogP contribution >= 0.6 is 0 Å². The molecule has 1 amide bonds. The minimum absolute atomic E-state index is 0.00356. The molecule has 1 aromatic rings. The van der Waals surface area contributed by atoms with E-state index in [0.29, 0.717) is 18.8 Å². The number of ether oxygens (including phenoxy) is 1. The minimum atomic E-state index is -0.380. The van der Waals surface area contributed by atoms with E-state index in [1.165, 1.54) is 6.92 Å². The smallest absolute Gasteiger partial charge is 0.309 e. The fourth-order valence-electron chi connectivity index (χ4n) is 2.48. The van der Waals surface area contributed by atoms with Crippen LogP contribution in [0.1, 0.15) is 44.7 Å². The van der Waals surface area contributed by atoms with E-state index >= 15 is 0 Å². The zero-order valence-electron chi connectivity index (χ0n) is 14.9. The SMILES string of the molecule is CNC(=O)Cc1ccc(COC(=O)C(CC(C)=O)CC(C)C)cc1. The molecule has 1 N–H and O–H groups in total. The van der Waals surface area contributed by atoms with Gasteiger partial charge in [0.1, 0.15) is 12.4 Å². The van der Waals surface area contributed by atoms with Crippen molar-refractivity contribution in [1.82, 2.24) is 5.32 Å². The van der Waals surface area contributed by atoms with Gasteiger partial charge in [0.05, 0.1) is 12.3 Å². The molecule has 0 aliphatic carbocycles. The molecule has 0 aliphatic rings. The zero-order chi connectivity index (χ0) is 18.1. The molecular weight excluding hydrogens is 306 g/mol. The van der Waals surface area contributed by atoms with E-state index in [1.807, 2.05) is 38.1 Å². The lowest BCUT2D eigenvalue weighted by molar-refractivity contribution is -0.152. The molecule has 0 saturated heterocycles. The van der Waals surface area contributed by atoms with Crippen molar-refractivity contribution < 1.29 is 19.1 Å². The monoisotopic (exact) mass is 333 g/mol. The van der Waals surface area contributed by atoms with Crippen molar-refractivity contribution in [2.24, 2.45) is 11.8 Å². The molecule has 1 rings (SSSR count). The van der Waals surface area contributed by atoms with Crippen LogP contribution in [0.3, 0.4) is 0 Å². The molecule has 0 bridgehead atoms. The number of benzene rings is 1. The summed E-state index contributed by atoms with van der Waals surface area (Å²) in [7, 11) is 1.60. The van der Waals surface area contributed by atoms with Crippen molar-refractivity contribution in [3.63, 3.8) is 0 Å². The first-order valence-corrected chi connectivity index (χ1v) is 8.26. The van der Waals surface area contributed by atoms with Crippen LogP contribution in [-0.2, 0) is 32.1 Å². The maximum absolute atomic E-state index is 12.2. The summed E-state index contributed by atoms with van der Waals surface area (Å²) in [5.41, 5.74) is 1.76. The third-order valence-corrected chi connectivity index (χ3v) is 3.67. The Morgan fingerprint density at radius 1 is 1.08 bits per heavy atom. The Bertz CT molecular complexity index is 563. The number of hydrogen-bond donors (Lipinski definition) is 1. The average molecular weight is 333 g/mol. The number of ketones is 1. The van der Waals surface area contributed by atoms with E-state index in [1.54, 1.807) is 7.05 Å². The summed E-state index contributed by atoms with van der Waals surface area (Å²) in [5.74, 6) is -0.430. The van der Waals surface area contributed by atoms with Crippen LogP contribution in [0.15, 0.2) is 24.3 Å². The highest BCUT2D eigenvalue weighted by molar-refractivity contribution is 5.82. The first-order valence-electron chi connectivity index (χ1n) is 8.26. The summed E-state index contributed by atoms with van der Waals surface area (Å²) in [6.07, 6.45) is 1.19. The van der Waals surface area contributed by atoms with E-state index in [-0.39, 0.29) is 36.6 Å². The van der Waals surface area contributed by atoms with Crippen LogP contribution in [0.25, 0.3) is 0 Å². The molecular formula is C19H27NO4. The van der Waals surface area contributed by atoms with Gasteiger partial charge in [0, 0.05) is 13.5 Å².